The number of carbonyl (C=O) groups is 4. The monoisotopic (exact) mass is 273 g/mol. The summed E-state index contributed by atoms with van der Waals surface area (Å²) in [6, 6.07) is 0.599. The van der Waals surface area contributed by atoms with Gasteiger partial charge in [-0.15, -0.1) is 0 Å². The van der Waals surface area contributed by atoms with Crippen LogP contribution in [0.1, 0.15) is 39.3 Å². The van der Waals surface area contributed by atoms with Crippen molar-refractivity contribution in [2.24, 2.45) is 0 Å². The van der Waals surface area contributed by atoms with Crippen molar-refractivity contribution >= 4 is 23.6 Å². The van der Waals surface area contributed by atoms with E-state index in [0.29, 0.717) is 5.69 Å². The average molecular weight is 273 g/mol. The van der Waals surface area contributed by atoms with Crippen LogP contribution in [0, 0.1) is 6.92 Å². The Morgan fingerprint density at radius 1 is 1.20 bits per heavy atom. The summed E-state index contributed by atoms with van der Waals surface area (Å²) in [5.74, 6) is -2.04. The Morgan fingerprint density at radius 2 is 1.90 bits per heavy atom. The van der Waals surface area contributed by atoms with Crippen molar-refractivity contribution in [1.29, 1.82) is 0 Å². The highest BCUT2D eigenvalue weighted by atomic mass is 16.2. The lowest BCUT2D eigenvalue weighted by atomic mass is 10.0. The zero-order chi connectivity index (χ0) is 14.4. The van der Waals surface area contributed by atoms with Gasteiger partial charge in [0.2, 0.25) is 11.8 Å². The van der Waals surface area contributed by atoms with Gasteiger partial charge in [-0.1, -0.05) is 0 Å². The molecule has 20 heavy (non-hydrogen) atoms. The summed E-state index contributed by atoms with van der Waals surface area (Å²) in [6.07, 6.45) is 1.61. The van der Waals surface area contributed by atoms with Gasteiger partial charge < -0.3 is 0 Å². The molecule has 0 bridgehead atoms. The third-order valence-electron chi connectivity index (χ3n) is 3.46. The van der Waals surface area contributed by atoms with Gasteiger partial charge in [0.25, 0.3) is 11.8 Å². The number of imide groups is 2. The molecule has 7 nitrogen and oxygen atoms in total. The molecule has 4 amide bonds. The van der Waals surface area contributed by atoms with Gasteiger partial charge in [0.15, 0.2) is 0 Å². The van der Waals surface area contributed by atoms with E-state index in [-0.39, 0.29) is 29.9 Å². The third kappa shape index (κ3) is 1.70. The Labute approximate surface area is 114 Å². The number of piperidine rings is 1. The summed E-state index contributed by atoms with van der Waals surface area (Å²) in [5, 5.41) is 2.15. The summed E-state index contributed by atoms with van der Waals surface area (Å²) in [7, 11) is 0. The van der Waals surface area contributed by atoms with Gasteiger partial charge >= 0.3 is 0 Å². The fourth-order valence-electron chi connectivity index (χ4n) is 2.47. The number of nitrogens with one attached hydrogen (secondary N) is 1. The predicted molar refractivity (Wildman–Crippen MR) is 65.6 cm³/mol. The Bertz CT molecular complexity index is 668. The zero-order valence-corrected chi connectivity index (χ0v) is 10.7. The molecule has 3 rings (SSSR count). The molecular weight excluding hydrogens is 262 g/mol. The Hall–Kier alpha value is -2.57. The Balaban J connectivity index is 1.97. The van der Waals surface area contributed by atoms with Crippen LogP contribution in [0.25, 0.3) is 0 Å². The minimum absolute atomic E-state index is 0.112. The number of nitrogens with zero attached hydrogens (tertiary/aromatic N) is 2. The number of pyridine rings is 1. The minimum atomic E-state index is -0.930. The molecule has 2 aliphatic rings. The summed E-state index contributed by atoms with van der Waals surface area (Å²) in [5.41, 5.74) is 1.08. The van der Waals surface area contributed by atoms with Crippen molar-refractivity contribution in [2.75, 3.05) is 0 Å². The van der Waals surface area contributed by atoms with E-state index >= 15 is 0 Å². The van der Waals surface area contributed by atoms with E-state index in [0.717, 1.165) is 4.90 Å². The van der Waals surface area contributed by atoms with Gasteiger partial charge in [-0.3, -0.25) is 34.4 Å². The van der Waals surface area contributed by atoms with E-state index in [1.807, 2.05) is 0 Å². The first-order valence-electron chi connectivity index (χ1n) is 6.17. The smallest absolute Gasteiger partial charge is 0.263 e. The minimum Gasteiger partial charge on any atom is -0.295 e. The van der Waals surface area contributed by atoms with Crippen LogP contribution in [0.2, 0.25) is 0 Å². The largest absolute Gasteiger partial charge is 0.295 e. The fraction of sp³-hybridized carbons (Fsp3) is 0.308. The number of hydrogen-bond donors (Lipinski definition) is 1. The van der Waals surface area contributed by atoms with Crippen LogP contribution in [-0.4, -0.2) is 39.6 Å². The standard InChI is InChI=1S/C13H11N3O4/c1-6-4-7-8(5-14-6)13(20)16(12(7)19)9-2-3-10(17)15-11(9)18/h4-5,9H,2-3H2,1H3,(H,15,17,18). The second-order valence-electron chi connectivity index (χ2n) is 4.82. The van der Waals surface area contributed by atoms with E-state index in [4.69, 9.17) is 0 Å². The van der Waals surface area contributed by atoms with Gasteiger partial charge in [-0.2, -0.15) is 0 Å². The fourth-order valence-corrected chi connectivity index (χ4v) is 2.47. The van der Waals surface area contributed by atoms with E-state index < -0.39 is 23.8 Å². The van der Waals surface area contributed by atoms with Gasteiger partial charge in [-0.25, -0.2) is 0 Å². The maximum atomic E-state index is 12.3. The van der Waals surface area contributed by atoms with Crippen LogP contribution in [-0.2, 0) is 9.59 Å². The highest BCUT2D eigenvalue weighted by Crippen LogP contribution is 2.27. The quantitative estimate of drug-likeness (QED) is 0.714. The number of aromatic nitrogens is 1. The van der Waals surface area contributed by atoms with Crippen molar-refractivity contribution in [1.82, 2.24) is 15.2 Å². The highest BCUT2D eigenvalue weighted by Gasteiger charge is 2.44. The van der Waals surface area contributed by atoms with E-state index in [1.165, 1.54) is 12.3 Å². The van der Waals surface area contributed by atoms with Crippen molar-refractivity contribution in [3.8, 4) is 0 Å². The van der Waals surface area contributed by atoms with Crippen LogP contribution in [0.15, 0.2) is 12.3 Å². The second-order valence-corrected chi connectivity index (χ2v) is 4.82. The summed E-state index contributed by atoms with van der Waals surface area (Å²) in [6.45, 7) is 1.71. The lowest BCUT2D eigenvalue weighted by Crippen LogP contribution is -2.54. The maximum absolute atomic E-state index is 12.3. The molecule has 102 valence electrons. The van der Waals surface area contributed by atoms with Crippen molar-refractivity contribution in [3.05, 3.63) is 29.1 Å². The van der Waals surface area contributed by atoms with Crippen LogP contribution in [0.3, 0.4) is 0 Å². The number of fused-ring (bicyclic) bond motifs is 1. The molecule has 0 radical (unpaired) electrons. The van der Waals surface area contributed by atoms with Crippen molar-refractivity contribution < 1.29 is 19.2 Å². The molecule has 1 aromatic heterocycles. The normalized spacial score (nSPS) is 22.1. The van der Waals surface area contributed by atoms with Gasteiger partial charge in [0.05, 0.1) is 11.1 Å². The van der Waals surface area contributed by atoms with E-state index in [1.54, 1.807) is 6.92 Å². The Morgan fingerprint density at radius 3 is 2.60 bits per heavy atom. The molecule has 1 saturated heterocycles. The molecule has 0 spiro atoms. The lowest BCUT2D eigenvalue weighted by Gasteiger charge is -2.27. The molecule has 1 aromatic rings. The SMILES string of the molecule is Cc1cc2c(cn1)C(=O)N(C1CCC(=O)NC1=O)C2=O. The first-order valence-corrected chi connectivity index (χ1v) is 6.17. The summed E-state index contributed by atoms with van der Waals surface area (Å²) >= 11 is 0. The molecule has 1 atom stereocenters. The third-order valence-corrected chi connectivity index (χ3v) is 3.46. The zero-order valence-electron chi connectivity index (χ0n) is 10.7. The summed E-state index contributed by atoms with van der Waals surface area (Å²) < 4.78 is 0. The average Bonchev–Trinajstić information content (AvgIpc) is 2.63. The number of hydrogen-bond acceptors (Lipinski definition) is 5. The van der Waals surface area contributed by atoms with Crippen LogP contribution < -0.4 is 5.32 Å². The van der Waals surface area contributed by atoms with E-state index in [2.05, 4.69) is 10.3 Å². The first kappa shape index (κ1) is 12.5. The summed E-state index contributed by atoms with van der Waals surface area (Å²) in [4.78, 5) is 52.4. The molecule has 1 unspecified atom stereocenters. The molecule has 0 saturated carbocycles. The van der Waals surface area contributed by atoms with Gasteiger partial charge in [0.1, 0.15) is 6.04 Å². The molecule has 1 fully saturated rings. The number of rotatable bonds is 1. The van der Waals surface area contributed by atoms with E-state index in [9.17, 15) is 19.2 Å². The predicted octanol–water partition coefficient (Wildman–Crippen LogP) is -0.209. The topological polar surface area (TPSA) is 96.4 Å². The molecule has 0 aliphatic carbocycles. The molecule has 2 aliphatic heterocycles. The number of amides is 4. The first-order chi connectivity index (χ1) is 9.49. The van der Waals surface area contributed by atoms with Gasteiger partial charge in [-0.05, 0) is 19.4 Å². The molecule has 7 heteroatoms. The Kier molecular flexibility index (Phi) is 2.63. The van der Waals surface area contributed by atoms with Crippen LogP contribution in [0.4, 0.5) is 0 Å². The van der Waals surface area contributed by atoms with Crippen LogP contribution >= 0.6 is 0 Å². The molecule has 1 N–H and O–H groups in total. The number of carbonyl (C=O) groups excluding carboxylic acids is 4. The molecular formula is C13H11N3O4. The van der Waals surface area contributed by atoms with Crippen molar-refractivity contribution in [2.45, 2.75) is 25.8 Å². The maximum Gasteiger partial charge on any atom is 0.263 e. The van der Waals surface area contributed by atoms with Crippen molar-refractivity contribution in [3.63, 3.8) is 0 Å². The molecule has 0 aromatic carbocycles. The number of aryl methyl sites for hydroxylation is 1. The lowest BCUT2D eigenvalue weighted by molar-refractivity contribution is -0.136. The second kappa shape index (κ2) is 4.22. The van der Waals surface area contributed by atoms with Gasteiger partial charge in [0, 0.05) is 18.3 Å². The highest BCUT2D eigenvalue weighted by molar-refractivity contribution is 6.23. The molecule has 3 heterocycles. The van der Waals surface area contributed by atoms with Crippen LogP contribution in [0.5, 0.6) is 0 Å².